The van der Waals surface area contributed by atoms with Crippen molar-refractivity contribution < 1.29 is 70.4 Å². The minimum Gasteiger partial charge on any atom is -0.723 e. The summed E-state index contributed by atoms with van der Waals surface area (Å²) < 4.78 is 35.6. The first-order chi connectivity index (χ1) is 25.0. The second-order valence-corrected chi connectivity index (χ2v) is 14.0. The summed E-state index contributed by atoms with van der Waals surface area (Å²) in [6.07, 6.45) is 12.0. The Balaban J connectivity index is 0.00000100. The molecule has 0 fully saturated rings. The van der Waals surface area contributed by atoms with Gasteiger partial charge in [-0.2, -0.15) is 0 Å². The largest absolute Gasteiger partial charge is 2.00 e. The molecule has 2 aromatic rings. The van der Waals surface area contributed by atoms with E-state index in [4.69, 9.17) is 28.4 Å². The van der Waals surface area contributed by atoms with Crippen LogP contribution in [0.15, 0.2) is 24.3 Å². The van der Waals surface area contributed by atoms with Gasteiger partial charge in [-0.15, -0.1) is 0 Å². The number of unbranched alkanes of at least 4 members (excludes halogenated alkanes) is 6. The van der Waals surface area contributed by atoms with Crippen LogP contribution >= 0.6 is 0 Å². The van der Waals surface area contributed by atoms with Gasteiger partial charge in [-0.05, 0) is 66.2 Å². The van der Waals surface area contributed by atoms with E-state index >= 15 is 0 Å². The third kappa shape index (κ3) is 18.8. The molecule has 0 unspecified atom stereocenters. The molecule has 302 valence electrons. The third-order valence-electron chi connectivity index (χ3n) is 8.25. The van der Waals surface area contributed by atoms with Gasteiger partial charge in [0.2, 0.25) is 0 Å². The maximum atomic E-state index is 11.4. The Morgan fingerprint density at radius 1 is 0.396 bits per heavy atom. The van der Waals surface area contributed by atoms with Crippen LogP contribution in [0.25, 0.3) is 0 Å². The molecule has 0 amide bonds. The number of benzene rings is 2. The van der Waals surface area contributed by atoms with Crippen LogP contribution in [0.4, 0.5) is 0 Å². The molecule has 0 heterocycles. The maximum Gasteiger partial charge on any atom is 2.00 e. The Hall–Kier alpha value is -2.21. The topological polar surface area (TPSA) is 120 Å². The van der Waals surface area contributed by atoms with Gasteiger partial charge in [0, 0.05) is 24.3 Å². The first-order valence-electron chi connectivity index (χ1n) is 19.8. The van der Waals surface area contributed by atoms with E-state index in [-0.39, 0.29) is 21.7 Å². The zero-order valence-electron chi connectivity index (χ0n) is 34.6. The van der Waals surface area contributed by atoms with Crippen molar-refractivity contribution in [3.63, 3.8) is 0 Å². The van der Waals surface area contributed by atoms with E-state index in [0.29, 0.717) is 85.3 Å². The quantitative estimate of drug-likeness (QED) is 0.0357. The summed E-state index contributed by atoms with van der Waals surface area (Å²) in [7, 11) is 0. The Labute approximate surface area is 336 Å². The van der Waals surface area contributed by atoms with E-state index in [1.54, 1.807) is 27.7 Å². The molecule has 0 N–H and O–H groups in total. The summed E-state index contributed by atoms with van der Waals surface area (Å²) in [5.41, 5.74) is -0.846. The maximum absolute atomic E-state index is 11.4. The second-order valence-electron chi connectivity index (χ2n) is 14.0. The van der Waals surface area contributed by atoms with Crippen molar-refractivity contribution in [1.29, 1.82) is 0 Å². The van der Waals surface area contributed by atoms with Gasteiger partial charge in [0.15, 0.2) is 0 Å². The standard InChI is InChI=1S/2C21H36O5.Ti/c2*1-6-9-12-23-17-15-18(24-13-10-7-2)20(21(4,5)26-22)19(16-17)25-14-11-8-3;/h2*15-16,22H,6-14H2,1-5H3;/q;;+2/p-2. The Kier molecular flexibility index (Phi) is 27.9. The molecule has 0 spiro atoms. The van der Waals surface area contributed by atoms with E-state index in [1.165, 1.54) is 0 Å². The van der Waals surface area contributed by atoms with Gasteiger partial charge in [-0.1, -0.05) is 80.1 Å². The fourth-order valence-corrected chi connectivity index (χ4v) is 5.00. The molecule has 11 heteroatoms. The molecule has 53 heavy (non-hydrogen) atoms. The summed E-state index contributed by atoms with van der Waals surface area (Å²) in [5, 5.41) is 22.7. The Morgan fingerprint density at radius 3 is 0.792 bits per heavy atom. The molecule has 10 nitrogen and oxygen atoms in total. The molecule has 0 radical (unpaired) electrons. The Morgan fingerprint density at radius 2 is 0.604 bits per heavy atom. The average Bonchev–Trinajstić information content (AvgIpc) is 3.12. The number of hydrogen-bond donors (Lipinski definition) is 0. The summed E-state index contributed by atoms with van der Waals surface area (Å²) in [6.45, 7) is 23.2. The van der Waals surface area contributed by atoms with E-state index in [0.717, 1.165) is 77.0 Å². The Bertz CT molecular complexity index is 1060. The van der Waals surface area contributed by atoms with Crippen molar-refractivity contribution in [2.75, 3.05) is 39.6 Å². The predicted octanol–water partition coefficient (Wildman–Crippen LogP) is 9.50. The first-order valence-corrected chi connectivity index (χ1v) is 19.8. The van der Waals surface area contributed by atoms with Gasteiger partial charge in [0.1, 0.15) is 34.5 Å². The molecule has 0 aliphatic rings. The van der Waals surface area contributed by atoms with Crippen molar-refractivity contribution >= 4 is 0 Å². The van der Waals surface area contributed by atoms with Crippen LogP contribution in [0.5, 0.6) is 34.5 Å². The van der Waals surface area contributed by atoms with Crippen LogP contribution in [0.3, 0.4) is 0 Å². The monoisotopic (exact) mass is 782 g/mol. The first kappa shape index (κ1) is 50.8. The molecule has 0 saturated heterocycles. The molecule has 2 rings (SSSR count). The van der Waals surface area contributed by atoms with Crippen LogP contribution in [0, 0.1) is 0 Å². The molecule has 2 aromatic carbocycles. The fraction of sp³-hybridized carbons (Fsp3) is 0.714. The average molecular weight is 783 g/mol. The van der Waals surface area contributed by atoms with E-state index < -0.39 is 11.2 Å². The molecule has 0 saturated carbocycles. The minimum atomic E-state index is -1.06. The fourth-order valence-electron chi connectivity index (χ4n) is 5.00. The zero-order chi connectivity index (χ0) is 38.8. The molecule has 0 atom stereocenters. The SMILES string of the molecule is CCCCOc1cc(OCCCC)c(C(C)(C)O[O-])c(OCCCC)c1.CCCCOc1cc(OCCCC)c(C(C)(C)O[O-])c(OCCCC)c1.[Ti+2]. The van der Waals surface area contributed by atoms with E-state index in [9.17, 15) is 10.5 Å². The molecule has 0 aliphatic heterocycles. The van der Waals surface area contributed by atoms with Crippen molar-refractivity contribution in [2.45, 2.75) is 157 Å². The molecule has 0 bridgehead atoms. The van der Waals surface area contributed by atoms with Crippen LogP contribution in [-0.4, -0.2) is 39.6 Å². The zero-order valence-corrected chi connectivity index (χ0v) is 36.2. The van der Waals surface area contributed by atoms with Crippen molar-refractivity contribution in [1.82, 2.24) is 0 Å². The molecule has 0 aliphatic carbocycles. The van der Waals surface area contributed by atoms with Gasteiger partial charge in [-0.3, -0.25) is 0 Å². The summed E-state index contributed by atoms with van der Waals surface area (Å²) in [6, 6.07) is 7.37. The van der Waals surface area contributed by atoms with E-state index in [1.807, 2.05) is 24.3 Å². The van der Waals surface area contributed by atoms with E-state index in [2.05, 4.69) is 51.3 Å². The summed E-state index contributed by atoms with van der Waals surface area (Å²) in [4.78, 5) is 9.01. The minimum absolute atomic E-state index is 0. The van der Waals surface area contributed by atoms with Crippen molar-refractivity contribution in [3.8, 4) is 34.5 Å². The van der Waals surface area contributed by atoms with Crippen LogP contribution in [0.1, 0.15) is 157 Å². The molecular weight excluding hydrogens is 712 g/mol. The molecular formula is C42H70O10Ti. The van der Waals surface area contributed by atoms with Crippen LogP contribution in [-0.2, 0) is 42.7 Å². The second kappa shape index (κ2) is 29.1. The van der Waals surface area contributed by atoms with Crippen LogP contribution in [0.2, 0.25) is 0 Å². The van der Waals surface area contributed by atoms with Crippen molar-refractivity contribution in [2.24, 2.45) is 0 Å². The van der Waals surface area contributed by atoms with Gasteiger partial charge in [0.05, 0.1) is 62.0 Å². The number of rotatable bonds is 28. The molecule has 0 aromatic heterocycles. The van der Waals surface area contributed by atoms with Gasteiger partial charge < -0.3 is 48.7 Å². The summed E-state index contributed by atoms with van der Waals surface area (Å²) in [5.74, 6) is 3.78. The van der Waals surface area contributed by atoms with Gasteiger partial charge >= 0.3 is 21.7 Å². The third-order valence-corrected chi connectivity index (χ3v) is 8.25. The van der Waals surface area contributed by atoms with Crippen molar-refractivity contribution in [3.05, 3.63) is 35.4 Å². The van der Waals surface area contributed by atoms with Gasteiger partial charge in [0.25, 0.3) is 0 Å². The normalized spacial score (nSPS) is 11.2. The number of hydrogen-bond acceptors (Lipinski definition) is 10. The smallest absolute Gasteiger partial charge is 0.723 e. The number of ether oxygens (including phenoxy) is 6. The summed E-state index contributed by atoms with van der Waals surface area (Å²) >= 11 is 0. The van der Waals surface area contributed by atoms with Crippen LogP contribution < -0.4 is 38.9 Å². The van der Waals surface area contributed by atoms with Gasteiger partial charge in [-0.25, -0.2) is 0 Å². The predicted molar refractivity (Wildman–Crippen MR) is 204 cm³/mol.